The van der Waals surface area contributed by atoms with Gasteiger partial charge in [-0.1, -0.05) is 85.9 Å². The predicted octanol–water partition coefficient (Wildman–Crippen LogP) is 6.39. The second-order valence-electron chi connectivity index (χ2n) is 10.4. The Hall–Kier alpha value is -3.07. The number of halogens is 2. The highest BCUT2D eigenvalue weighted by molar-refractivity contribution is 7.92. The number of carbonyl (C=O) groups is 2. The lowest BCUT2D eigenvalue weighted by Crippen LogP contribution is -2.52. The molecule has 0 aliphatic heterocycles. The lowest BCUT2D eigenvalue weighted by molar-refractivity contribution is -0.140. The van der Waals surface area contributed by atoms with E-state index in [1.165, 1.54) is 17.0 Å². The number of benzene rings is 3. The molecule has 1 unspecified atom stereocenters. The number of rotatable bonds is 12. The van der Waals surface area contributed by atoms with Crippen LogP contribution < -0.4 is 9.62 Å². The molecule has 0 aliphatic carbocycles. The van der Waals surface area contributed by atoms with Crippen molar-refractivity contribution < 1.29 is 18.0 Å². The molecular formula is C31H37Cl2N3O4S. The number of sulfonamides is 1. The fourth-order valence-corrected chi connectivity index (χ4v) is 6.32. The Labute approximate surface area is 253 Å². The number of anilines is 1. The Morgan fingerprint density at radius 3 is 2.20 bits per heavy atom. The van der Waals surface area contributed by atoms with Crippen LogP contribution in [0.2, 0.25) is 10.0 Å². The van der Waals surface area contributed by atoms with Crippen molar-refractivity contribution in [3.05, 3.63) is 93.5 Å². The lowest BCUT2D eigenvalue weighted by Gasteiger charge is -2.33. The smallest absolute Gasteiger partial charge is 0.264 e. The molecule has 0 heterocycles. The first-order valence-corrected chi connectivity index (χ1v) is 15.7. The third-order valence-corrected chi connectivity index (χ3v) is 9.15. The van der Waals surface area contributed by atoms with Crippen LogP contribution >= 0.6 is 23.2 Å². The number of nitrogens with one attached hydrogen (secondary N) is 1. The molecule has 220 valence electrons. The molecule has 41 heavy (non-hydrogen) atoms. The summed E-state index contributed by atoms with van der Waals surface area (Å²) < 4.78 is 29.1. The van der Waals surface area contributed by atoms with Gasteiger partial charge < -0.3 is 10.2 Å². The fraction of sp³-hybridized carbons (Fsp3) is 0.355. The zero-order chi connectivity index (χ0) is 30.3. The van der Waals surface area contributed by atoms with Crippen LogP contribution in [0.1, 0.15) is 43.9 Å². The van der Waals surface area contributed by atoms with Crippen LogP contribution in [0.25, 0.3) is 0 Å². The third kappa shape index (κ3) is 8.24. The molecule has 0 aromatic heterocycles. The van der Waals surface area contributed by atoms with E-state index in [1.54, 1.807) is 42.5 Å². The van der Waals surface area contributed by atoms with Gasteiger partial charge in [0.25, 0.3) is 10.0 Å². The highest BCUT2D eigenvalue weighted by Crippen LogP contribution is 2.29. The molecule has 0 bridgehead atoms. The highest BCUT2D eigenvalue weighted by Gasteiger charge is 2.34. The van der Waals surface area contributed by atoms with E-state index in [2.05, 4.69) is 5.32 Å². The van der Waals surface area contributed by atoms with Gasteiger partial charge in [-0.05, 0) is 67.6 Å². The molecule has 3 aromatic rings. The lowest BCUT2D eigenvalue weighted by atomic mass is 10.1. The van der Waals surface area contributed by atoms with E-state index in [0.717, 1.165) is 9.87 Å². The first-order valence-electron chi connectivity index (χ1n) is 13.5. The Balaban J connectivity index is 2.08. The van der Waals surface area contributed by atoms with Gasteiger partial charge in [-0.3, -0.25) is 13.9 Å². The van der Waals surface area contributed by atoms with Crippen LogP contribution in [0.15, 0.2) is 71.6 Å². The Morgan fingerprint density at radius 2 is 1.61 bits per heavy atom. The summed E-state index contributed by atoms with van der Waals surface area (Å²) >= 11 is 12.4. The molecule has 10 heteroatoms. The third-order valence-electron chi connectivity index (χ3n) is 6.64. The van der Waals surface area contributed by atoms with E-state index in [9.17, 15) is 18.0 Å². The van der Waals surface area contributed by atoms with Crippen molar-refractivity contribution in [3.8, 4) is 0 Å². The quantitative estimate of drug-likeness (QED) is 0.255. The summed E-state index contributed by atoms with van der Waals surface area (Å²) in [5.41, 5.74) is 2.71. The number of aryl methyl sites for hydroxylation is 2. The summed E-state index contributed by atoms with van der Waals surface area (Å²) in [7, 11) is -4.13. The van der Waals surface area contributed by atoms with E-state index >= 15 is 0 Å². The first kappa shape index (κ1) is 32.4. The van der Waals surface area contributed by atoms with Crippen LogP contribution in [0.4, 0.5) is 5.69 Å². The van der Waals surface area contributed by atoms with Crippen LogP contribution in [-0.4, -0.2) is 44.3 Å². The van der Waals surface area contributed by atoms with Crippen LogP contribution in [0.5, 0.6) is 0 Å². The molecule has 0 saturated heterocycles. The van der Waals surface area contributed by atoms with E-state index < -0.39 is 28.5 Å². The average Bonchev–Trinajstić information content (AvgIpc) is 2.93. The molecule has 2 amide bonds. The SMILES string of the molecule is CCC(C(=O)NCC(C)C)N(Cc1ccc(Cl)c(Cl)c1)C(=O)CN(c1ccc(C)cc1C)S(=O)(=O)c1ccccc1. The van der Waals surface area contributed by atoms with Gasteiger partial charge in [0, 0.05) is 13.1 Å². The summed E-state index contributed by atoms with van der Waals surface area (Å²) in [5, 5.41) is 3.60. The number of carbonyl (C=O) groups excluding carboxylic acids is 2. The molecule has 7 nitrogen and oxygen atoms in total. The summed E-state index contributed by atoms with van der Waals surface area (Å²) in [6.07, 6.45) is 0.325. The molecule has 3 rings (SSSR count). The maximum atomic E-state index is 14.2. The molecular weight excluding hydrogens is 581 g/mol. The van der Waals surface area contributed by atoms with Crippen molar-refractivity contribution in [2.45, 2.75) is 58.5 Å². The molecule has 0 radical (unpaired) electrons. The largest absolute Gasteiger partial charge is 0.354 e. The zero-order valence-corrected chi connectivity index (χ0v) is 26.4. The van der Waals surface area contributed by atoms with E-state index in [1.807, 2.05) is 46.8 Å². The van der Waals surface area contributed by atoms with Crippen LogP contribution in [0.3, 0.4) is 0 Å². The maximum absolute atomic E-state index is 14.2. The molecule has 0 saturated carbocycles. The fourth-order valence-electron chi connectivity index (χ4n) is 4.49. The topological polar surface area (TPSA) is 86.8 Å². The number of nitrogens with zero attached hydrogens (tertiary/aromatic N) is 2. The highest BCUT2D eigenvalue weighted by atomic mass is 35.5. The standard InChI is InChI=1S/C31H37Cl2N3O4S/c1-6-28(31(38)34-18-21(2)3)35(19-24-13-14-26(32)27(33)17-24)30(37)20-36(29-15-12-22(4)16-23(29)5)41(39,40)25-10-8-7-9-11-25/h7-17,21,28H,6,18-20H2,1-5H3,(H,34,38). The van der Waals surface area contributed by atoms with E-state index in [-0.39, 0.29) is 23.3 Å². The minimum Gasteiger partial charge on any atom is -0.354 e. The van der Waals surface area contributed by atoms with Crippen molar-refractivity contribution in [1.82, 2.24) is 10.2 Å². The molecule has 0 fully saturated rings. The van der Waals surface area contributed by atoms with Crippen molar-refractivity contribution in [2.24, 2.45) is 5.92 Å². The molecule has 0 spiro atoms. The molecule has 1 N–H and O–H groups in total. The van der Waals surface area contributed by atoms with Crippen molar-refractivity contribution in [2.75, 3.05) is 17.4 Å². The first-order chi connectivity index (χ1) is 19.3. The van der Waals surface area contributed by atoms with Crippen molar-refractivity contribution in [3.63, 3.8) is 0 Å². The van der Waals surface area contributed by atoms with Gasteiger partial charge in [0.05, 0.1) is 20.6 Å². The molecule has 0 aliphatic rings. The van der Waals surface area contributed by atoms with Gasteiger partial charge in [-0.15, -0.1) is 0 Å². The summed E-state index contributed by atoms with van der Waals surface area (Å²) in [4.78, 5) is 29.0. The number of hydrogen-bond donors (Lipinski definition) is 1. The predicted molar refractivity (Wildman–Crippen MR) is 166 cm³/mol. The Morgan fingerprint density at radius 1 is 0.927 bits per heavy atom. The van der Waals surface area contributed by atoms with E-state index in [4.69, 9.17) is 23.2 Å². The summed E-state index contributed by atoms with van der Waals surface area (Å²) in [6.45, 7) is 9.48. The van der Waals surface area contributed by atoms with Crippen molar-refractivity contribution >= 4 is 50.7 Å². The number of hydrogen-bond acceptors (Lipinski definition) is 4. The minimum absolute atomic E-state index is 0.0371. The second kappa shape index (κ2) is 14.2. The van der Waals surface area contributed by atoms with Gasteiger partial charge in [0.1, 0.15) is 12.6 Å². The Bertz CT molecular complexity index is 1480. The van der Waals surface area contributed by atoms with Gasteiger partial charge >= 0.3 is 0 Å². The zero-order valence-electron chi connectivity index (χ0n) is 24.0. The van der Waals surface area contributed by atoms with Gasteiger partial charge in [0.15, 0.2) is 0 Å². The Kier molecular flexibility index (Phi) is 11.2. The summed E-state index contributed by atoms with van der Waals surface area (Å²) in [5.74, 6) is -0.618. The molecule has 1 atom stereocenters. The minimum atomic E-state index is -4.13. The number of amides is 2. The van der Waals surface area contributed by atoms with Gasteiger partial charge in [-0.25, -0.2) is 8.42 Å². The van der Waals surface area contributed by atoms with Crippen molar-refractivity contribution in [1.29, 1.82) is 0 Å². The monoisotopic (exact) mass is 617 g/mol. The second-order valence-corrected chi connectivity index (χ2v) is 13.1. The van der Waals surface area contributed by atoms with Gasteiger partial charge in [0.2, 0.25) is 11.8 Å². The van der Waals surface area contributed by atoms with E-state index in [0.29, 0.717) is 39.8 Å². The molecule has 3 aromatic carbocycles. The average molecular weight is 619 g/mol. The van der Waals surface area contributed by atoms with Gasteiger partial charge in [-0.2, -0.15) is 0 Å². The normalized spacial score (nSPS) is 12.2. The maximum Gasteiger partial charge on any atom is 0.264 e. The van der Waals surface area contributed by atoms with Crippen LogP contribution in [0, 0.1) is 19.8 Å². The summed E-state index contributed by atoms with van der Waals surface area (Å²) in [6, 6.07) is 17.5. The van der Waals surface area contributed by atoms with Crippen LogP contribution in [-0.2, 0) is 26.2 Å².